The van der Waals surface area contributed by atoms with E-state index >= 15 is 0 Å². The number of nitrogens with zero attached hydrogens (tertiary/aromatic N) is 3. The lowest BCUT2D eigenvalue weighted by Crippen LogP contribution is -2.35. The number of benzene rings is 1. The molecular weight excluding hydrogens is 366 g/mol. The first-order valence-corrected chi connectivity index (χ1v) is 9.92. The number of amides is 1. The molecule has 0 radical (unpaired) electrons. The quantitative estimate of drug-likeness (QED) is 0.655. The van der Waals surface area contributed by atoms with Gasteiger partial charge in [0.15, 0.2) is 0 Å². The van der Waals surface area contributed by atoms with Gasteiger partial charge in [-0.2, -0.15) is 0 Å². The molecule has 4 rings (SSSR count). The van der Waals surface area contributed by atoms with E-state index in [4.69, 9.17) is 9.15 Å². The van der Waals surface area contributed by atoms with Crippen LogP contribution >= 0.6 is 0 Å². The number of pyridine rings is 1. The Bertz CT molecular complexity index is 938. The largest absolute Gasteiger partial charge is 0.468 e. The summed E-state index contributed by atoms with van der Waals surface area (Å²) in [6.07, 6.45) is 4.26. The van der Waals surface area contributed by atoms with Gasteiger partial charge in [0.2, 0.25) is 5.88 Å². The van der Waals surface area contributed by atoms with Crippen LogP contribution in [-0.4, -0.2) is 46.9 Å². The average Bonchev–Trinajstić information content (AvgIpc) is 3.14. The van der Waals surface area contributed by atoms with E-state index in [1.807, 2.05) is 48.2 Å². The van der Waals surface area contributed by atoms with Gasteiger partial charge in [0.05, 0.1) is 12.8 Å². The maximum absolute atomic E-state index is 13.2. The minimum atomic E-state index is -0.0416. The zero-order valence-electron chi connectivity index (χ0n) is 16.6. The second-order valence-corrected chi connectivity index (χ2v) is 7.27. The third-order valence-corrected chi connectivity index (χ3v) is 5.07. The topological polar surface area (TPSA) is 58.8 Å². The Balaban J connectivity index is 1.44. The van der Waals surface area contributed by atoms with Crippen molar-refractivity contribution in [2.45, 2.75) is 19.9 Å². The molecule has 0 aliphatic carbocycles. The zero-order valence-corrected chi connectivity index (χ0v) is 16.6. The number of ether oxygens (including phenoxy) is 1. The smallest absolute Gasteiger partial charge is 0.259 e. The van der Waals surface area contributed by atoms with Crippen LogP contribution in [-0.2, 0) is 6.54 Å². The maximum atomic E-state index is 13.2. The van der Waals surface area contributed by atoms with Crippen LogP contribution in [0.5, 0.6) is 11.6 Å². The Labute approximate surface area is 170 Å². The van der Waals surface area contributed by atoms with E-state index in [0.29, 0.717) is 30.3 Å². The van der Waals surface area contributed by atoms with Gasteiger partial charge in [-0.25, -0.2) is 4.98 Å². The second kappa shape index (κ2) is 8.92. The minimum absolute atomic E-state index is 0.0416. The molecule has 0 unspecified atom stereocenters. The molecule has 29 heavy (non-hydrogen) atoms. The molecule has 6 heteroatoms. The SMILES string of the molecule is Cc1ccc(Oc2ncccc2C(=O)N2CCCN(Cc3ccco3)CC2)cc1. The van der Waals surface area contributed by atoms with Gasteiger partial charge >= 0.3 is 0 Å². The molecule has 1 aliphatic rings. The summed E-state index contributed by atoms with van der Waals surface area (Å²) in [5, 5.41) is 0. The summed E-state index contributed by atoms with van der Waals surface area (Å²) in [6.45, 7) is 5.91. The van der Waals surface area contributed by atoms with E-state index in [1.165, 1.54) is 0 Å². The first-order chi connectivity index (χ1) is 14.2. The Morgan fingerprint density at radius 3 is 2.72 bits per heavy atom. The number of aromatic nitrogens is 1. The number of hydrogen-bond acceptors (Lipinski definition) is 5. The van der Waals surface area contributed by atoms with Crippen molar-refractivity contribution < 1.29 is 13.9 Å². The Kier molecular flexibility index (Phi) is 5.91. The Hall–Kier alpha value is -3.12. The molecule has 0 spiro atoms. The van der Waals surface area contributed by atoms with E-state index in [1.54, 1.807) is 24.6 Å². The highest BCUT2D eigenvalue weighted by molar-refractivity contribution is 5.96. The number of aryl methyl sites for hydroxylation is 1. The molecule has 150 valence electrons. The van der Waals surface area contributed by atoms with Crippen LogP contribution in [0, 0.1) is 6.92 Å². The summed E-state index contributed by atoms with van der Waals surface area (Å²) in [4.78, 5) is 21.7. The molecule has 1 amide bonds. The molecular formula is C23H25N3O3. The monoisotopic (exact) mass is 391 g/mol. The number of carbonyl (C=O) groups is 1. The highest BCUT2D eigenvalue weighted by Gasteiger charge is 2.24. The number of hydrogen-bond donors (Lipinski definition) is 0. The Morgan fingerprint density at radius 1 is 1.07 bits per heavy atom. The summed E-state index contributed by atoms with van der Waals surface area (Å²) in [5.74, 6) is 1.92. The Morgan fingerprint density at radius 2 is 1.93 bits per heavy atom. The average molecular weight is 391 g/mol. The highest BCUT2D eigenvalue weighted by atomic mass is 16.5. The van der Waals surface area contributed by atoms with Crippen LogP contribution in [0.2, 0.25) is 0 Å². The first kappa shape index (κ1) is 19.2. The van der Waals surface area contributed by atoms with Gasteiger partial charge in [0.1, 0.15) is 17.1 Å². The lowest BCUT2D eigenvalue weighted by atomic mass is 10.2. The molecule has 1 aliphatic heterocycles. The van der Waals surface area contributed by atoms with Crippen molar-refractivity contribution in [1.29, 1.82) is 0 Å². The van der Waals surface area contributed by atoms with Crippen molar-refractivity contribution in [2.75, 3.05) is 26.2 Å². The second-order valence-electron chi connectivity index (χ2n) is 7.27. The summed E-state index contributed by atoms with van der Waals surface area (Å²) in [6, 6.07) is 15.2. The van der Waals surface area contributed by atoms with E-state index in [0.717, 1.165) is 37.4 Å². The van der Waals surface area contributed by atoms with E-state index < -0.39 is 0 Å². The van der Waals surface area contributed by atoms with Crippen LogP contribution in [0.4, 0.5) is 0 Å². The van der Waals surface area contributed by atoms with Gasteiger partial charge < -0.3 is 14.1 Å². The van der Waals surface area contributed by atoms with Gasteiger partial charge in [0, 0.05) is 32.4 Å². The standard InChI is InChI=1S/C23H25N3O3/c1-18-7-9-19(10-8-18)29-22-21(6-2-11-24-22)23(27)26-13-4-12-25(14-15-26)17-20-5-3-16-28-20/h2-3,5-11,16H,4,12-15,17H2,1H3. The van der Waals surface area contributed by atoms with Crippen molar-refractivity contribution in [1.82, 2.24) is 14.8 Å². The van der Waals surface area contributed by atoms with E-state index in [-0.39, 0.29) is 5.91 Å². The minimum Gasteiger partial charge on any atom is -0.468 e. The van der Waals surface area contributed by atoms with Crippen LogP contribution in [0.3, 0.4) is 0 Å². The summed E-state index contributed by atoms with van der Waals surface area (Å²) in [7, 11) is 0. The third kappa shape index (κ3) is 4.84. The first-order valence-electron chi connectivity index (χ1n) is 9.92. The van der Waals surface area contributed by atoms with Crippen molar-refractivity contribution in [2.24, 2.45) is 0 Å². The predicted molar refractivity (Wildman–Crippen MR) is 110 cm³/mol. The molecule has 1 saturated heterocycles. The van der Waals surface area contributed by atoms with E-state index in [9.17, 15) is 4.79 Å². The van der Waals surface area contributed by atoms with Gasteiger partial charge in [-0.3, -0.25) is 9.69 Å². The molecule has 3 aromatic rings. The van der Waals surface area contributed by atoms with Gasteiger partial charge in [0.25, 0.3) is 5.91 Å². The zero-order chi connectivity index (χ0) is 20.1. The van der Waals surface area contributed by atoms with Gasteiger partial charge in [-0.15, -0.1) is 0 Å². The molecule has 2 aromatic heterocycles. The number of rotatable bonds is 5. The molecule has 3 heterocycles. The number of furan rings is 1. The third-order valence-electron chi connectivity index (χ3n) is 5.07. The van der Waals surface area contributed by atoms with Crippen molar-refractivity contribution in [3.05, 3.63) is 77.9 Å². The van der Waals surface area contributed by atoms with Crippen molar-refractivity contribution in [3.63, 3.8) is 0 Å². The fraction of sp³-hybridized carbons (Fsp3) is 0.304. The van der Waals surface area contributed by atoms with Crippen LogP contribution in [0.1, 0.15) is 28.1 Å². The van der Waals surface area contributed by atoms with Crippen LogP contribution in [0.25, 0.3) is 0 Å². The molecule has 0 bridgehead atoms. The van der Waals surface area contributed by atoms with Crippen molar-refractivity contribution >= 4 is 5.91 Å². The van der Waals surface area contributed by atoms with Crippen LogP contribution in [0.15, 0.2) is 65.4 Å². The fourth-order valence-electron chi connectivity index (χ4n) is 3.48. The molecule has 6 nitrogen and oxygen atoms in total. The molecule has 0 atom stereocenters. The molecule has 1 aromatic carbocycles. The molecule has 0 saturated carbocycles. The predicted octanol–water partition coefficient (Wildman–Crippen LogP) is 4.12. The summed E-state index contributed by atoms with van der Waals surface area (Å²) < 4.78 is 11.4. The normalized spacial score (nSPS) is 15.1. The number of carbonyl (C=O) groups excluding carboxylic acids is 1. The maximum Gasteiger partial charge on any atom is 0.259 e. The molecule has 0 N–H and O–H groups in total. The lowest BCUT2D eigenvalue weighted by Gasteiger charge is -2.22. The summed E-state index contributed by atoms with van der Waals surface area (Å²) >= 11 is 0. The lowest BCUT2D eigenvalue weighted by molar-refractivity contribution is 0.0757. The fourth-order valence-corrected chi connectivity index (χ4v) is 3.48. The van der Waals surface area contributed by atoms with Crippen molar-refractivity contribution in [3.8, 4) is 11.6 Å². The van der Waals surface area contributed by atoms with Gasteiger partial charge in [-0.1, -0.05) is 17.7 Å². The summed E-state index contributed by atoms with van der Waals surface area (Å²) in [5.41, 5.74) is 1.64. The van der Waals surface area contributed by atoms with Crippen LogP contribution < -0.4 is 4.74 Å². The van der Waals surface area contributed by atoms with E-state index in [2.05, 4.69) is 9.88 Å². The van der Waals surface area contributed by atoms with Gasteiger partial charge in [-0.05, 0) is 49.7 Å². The highest BCUT2D eigenvalue weighted by Crippen LogP contribution is 2.25. The molecule has 1 fully saturated rings.